The Kier molecular flexibility index (Phi) is 2.79. The lowest BCUT2D eigenvalue weighted by atomic mass is 10.1. The molecule has 1 aromatic heterocycles. The van der Waals surface area contributed by atoms with Crippen LogP contribution in [0.1, 0.15) is 28.7 Å². The van der Waals surface area contributed by atoms with Crippen molar-refractivity contribution in [2.75, 3.05) is 4.90 Å². The first-order valence-corrected chi connectivity index (χ1v) is 7.51. The van der Waals surface area contributed by atoms with Crippen LogP contribution in [0.25, 0.3) is 11.0 Å². The summed E-state index contributed by atoms with van der Waals surface area (Å²) in [6, 6.07) is 14.0. The van der Waals surface area contributed by atoms with Crippen LogP contribution in [0.4, 0.5) is 5.69 Å². The summed E-state index contributed by atoms with van der Waals surface area (Å²) in [5.41, 5.74) is 4.76. The van der Waals surface area contributed by atoms with Gasteiger partial charge in [-0.15, -0.1) is 0 Å². The number of fused-ring (bicyclic) bond motifs is 2. The van der Waals surface area contributed by atoms with E-state index < -0.39 is 0 Å². The highest BCUT2D eigenvalue weighted by atomic mass is 16.2. The van der Waals surface area contributed by atoms with Crippen molar-refractivity contribution < 1.29 is 4.79 Å². The second-order valence-electron chi connectivity index (χ2n) is 5.91. The van der Waals surface area contributed by atoms with Crippen molar-refractivity contribution in [1.29, 1.82) is 0 Å². The summed E-state index contributed by atoms with van der Waals surface area (Å²) in [6.07, 6.45) is 0.910. The minimum absolute atomic E-state index is 0.0478. The summed E-state index contributed by atoms with van der Waals surface area (Å²) in [6.45, 7) is 4.01. The summed E-state index contributed by atoms with van der Waals surface area (Å²) >= 11 is 0. The number of aromatic amines is 1. The third-order valence-electron chi connectivity index (χ3n) is 4.27. The fourth-order valence-corrected chi connectivity index (χ4v) is 3.28. The van der Waals surface area contributed by atoms with E-state index in [4.69, 9.17) is 0 Å². The van der Waals surface area contributed by atoms with Gasteiger partial charge in [-0.05, 0) is 50.1 Å². The maximum atomic E-state index is 13.0. The summed E-state index contributed by atoms with van der Waals surface area (Å²) in [5.74, 6) is 0.908. The Hall–Kier alpha value is -2.62. The summed E-state index contributed by atoms with van der Waals surface area (Å²) in [5, 5.41) is 0. The number of carbonyl (C=O) groups excluding carboxylic acids is 1. The van der Waals surface area contributed by atoms with E-state index in [1.807, 2.05) is 48.2 Å². The molecule has 0 aliphatic carbocycles. The molecule has 0 bridgehead atoms. The number of amides is 1. The van der Waals surface area contributed by atoms with Crippen LogP contribution in [-0.2, 0) is 6.42 Å². The van der Waals surface area contributed by atoms with Crippen LogP contribution in [0, 0.1) is 6.92 Å². The zero-order valence-corrected chi connectivity index (χ0v) is 12.6. The molecule has 2 heterocycles. The summed E-state index contributed by atoms with van der Waals surface area (Å²) < 4.78 is 0. The number of anilines is 1. The van der Waals surface area contributed by atoms with Gasteiger partial charge in [0.15, 0.2) is 0 Å². The fraction of sp³-hybridized carbons (Fsp3) is 0.222. The fourth-order valence-electron chi connectivity index (χ4n) is 3.28. The minimum Gasteiger partial charge on any atom is -0.342 e. The van der Waals surface area contributed by atoms with Crippen LogP contribution in [0.5, 0.6) is 0 Å². The second-order valence-corrected chi connectivity index (χ2v) is 5.91. The lowest BCUT2D eigenvalue weighted by Crippen LogP contribution is -2.35. The minimum atomic E-state index is 0.0478. The van der Waals surface area contributed by atoms with E-state index in [0.717, 1.165) is 29.0 Å². The molecule has 22 heavy (non-hydrogen) atoms. The van der Waals surface area contributed by atoms with Gasteiger partial charge in [-0.3, -0.25) is 4.79 Å². The molecule has 110 valence electrons. The highest BCUT2D eigenvalue weighted by Gasteiger charge is 2.31. The zero-order chi connectivity index (χ0) is 15.3. The van der Waals surface area contributed by atoms with Gasteiger partial charge in [-0.2, -0.15) is 0 Å². The van der Waals surface area contributed by atoms with Gasteiger partial charge in [0.25, 0.3) is 5.91 Å². The molecular formula is C18H17N3O. The number of imidazole rings is 1. The molecule has 4 rings (SSSR count). The van der Waals surface area contributed by atoms with Crippen LogP contribution >= 0.6 is 0 Å². The molecule has 0 saturated carbocycles. The van der Waals surface area contributed by atoms with Crippen molar-refractivity contribution in [3.63, 3.8) is 0 Å². The Morgan fingerprint density at radius 2 is 2.09 bits per heavy atom. The highest BCUT2D eigenvalue weighted by Crippen LogP contribution is 2.33. The number of carbonyl (C=O) groups is 1. The molecule has 1 atom stereocenters. The number of para-hydroxylation sites is 1. The molecule has 1 amide bonds. The first-order chi connectivity index (χ1) is 10.6. The molecule has 0 radical (unpaired) electrons. The standard InChI is InChI=1S/C18H17N3O/c1-11-9-13-5-3-4-6-17(13)21(11)18(22)14-7-8-15-16(10-14)20-12(2)19-15/h3-8,10-11H,9H2,1-2H3,(H,19,20). The van der Waals surface area contributed by atoms with Gasteiger partial charge in [0.1, 0.15) is 5.82 Å². The molecule has 4 nitrogen and oxygen atoms in total. The van der Waals surface area contributed by atoms with Crippen molar-refractivity contribution in [2.45, 2.75) is 26.3 Å². The van der Waals surface area contributed by atoms with Gasteiger partial charge < -0.3 is 9.88 Å². The normalized spacial score (nSPS) is 17.0. The number of rotatable bonds is 1. The average Bonchev–Trinajstić information content (AvgIpc) is 3.03. The molecule has 1 unspecified atom stereocenters. The van der Waals surface area contributed by atoms with Gasteiger partial charge in [0.05, 0.1) is 11.0 Å². The van der Waals surface area contributed by atoms with Crippen molar-refractivity contribution in [3.05, 3.63) is 59.4 Å². The smallest absolute Gasteiger partial charge is 0.258 e. The predicted octanol–water partition coefficient (Wildman–Crippen LogP) is 3.46. The van der Waals surface area contributed by atoms with Crippen LogP contribution in [-0.4, -0.2) is 21.9 Å². The lowest BCUT2D eigenvalue weighted by molar-refractivity contribution is 0.0981. The Labute approximate surface area is 128 Å². The molecular weight excluding hydrogens is 274 g/mol. The molecule has 1 aliphatic rings. The van der Waals surface area contributed by atoms with Crippen LogP contribution < -0.4 is 4.90 Å². The maximum Gasteiger partial charge on any atom is 0.258 e. The zero-order valence-electron chi connectivity index (χ0n) is 12.6. The molecule has 1 aliphatic heterocycles. The van der Waals surface area contributed by atoms with E-state index in [1.54, 1.807) is 0 Å². The summed E-state index contributed by atoms with van der Waals surface area (Å²) in [4.78, 5) is 22.4. The first-order valence-electron chi connectivity index (χ1n) is 7.51. The van der Waals surface area contributed by atoms with E-state index in [-0.39, 0.29) is 11.9 Å². The van der Waals surface area contributed by atoms with Crippen LogP contribution in [0.3, 0.4) is 0 Å². The maximum absolute atomic E-state index is 13.0. The van der Waals surface area contributed by atoms with Gasteiger partial charge in [0.2, 0.25) is 0 Å². The first kappa shape index (κ1) is 13.1. The number of benzene rings is 2. The van der Waals surface area contributed by atoms with Gasteiger partial charge in [0, 0.05) is 17.3 Å². The number of aryl methyl sites for hydroxylation is 1. The van der Waals surface area contributed by atoms with Crippen molar-refractivity contribution in [1.82, 2.24) is 9.97 Å². The molecule has 3 aromatic rings. The van der Waals surface area contributed by atoms with E-state index >= 15 is 0 Å². The van der Waals surface area contributed by atoms with Gasteiger partial charge in [-0.1, -0.05) is 18.2 Å². The largest absolute Gasteiger partial charge is 0.342 e. The lowest BCUT2D eigenvalue weighted by Gasteiger charge is -2.22. The Morgan fingerprint density at radius 1 is 1.27 bits per heavy atom. The Morgan fingerprint density at radius 3 is 2.95 bits per heavy atom. The number of H-pyrrole nitrogens is 1. The van der Waals surface area contributed by atoms with Crippen molar-refractivity contribution in [2.24, 2.45) is 0 Å². The number of nitrogens with one attached hydrogen (secondary N) is 1. The molecule has 4 heteroatoms. The summed E-state index contributed by atoms with van der Waals surface area (Å²) in [7, 11) is 0. The van der Waals surface area contributed by atoms with E-state index in [9.17, 15) is 4.79 Å². The van der Waals surface area contributed by atoms with E-state index in [1.165, 1.54) is 5.56 Å². The van der Waals surface area contributed by atoms with Gasteiger partial charge in [-0.25, -0.2) is 4.98 Å². The Bertz CT molecular complexity index is 881. The SMILES string of the molecule is Cc1nc2ccc(C(=O)N3c4ccccc4CC3C)cc2[nH]1. The number of hydrogen-bond acceptors (Lipinski definition) is 2. The molecule has 0 spiro atoms. The van der Waals surface area contributed by atoms with Crippen molar-refractivity contribution >= 4 is 22.6 Å². The van der Waals surface area contributed by atoms with E-state index in [0.29, 0.717) is 5.56 Å². The molecule has 1 N–H and O–H groups in total. The topological polar surface area (TPSA) is 49.0 Å². The number of hydrogen-bond donors (Lipinski definition) is 1. The van der Waals surface area contributed by atoms with Gasteiger partial charge >= 0.3 is 0 Å². The second kappa shape index (κ2) is 4.70. The van der Waals surface area contributed by atoms with Crippen LogP contribution in [0.15, 0.2) is 42.5 Å². The third kappa shape index (κ3) is 1.91. The monoisotopic (exact) mass is 291 g/mol. The molecule has 0 fully saturated rings. The van der Waals surface area contributed by atoms with E-state index in [2.05, 4.69) is 23.0 Å². The van der Waals surface area contributed by atoms with Crippen LogP contribution in [0.2, 0.25) is 0 Å². The quantitative estimate of drug-likeness (QED) is 0.746. The molecule has 2 aromatic carbocycles. The third-order valence-corrected chi connectivity index (χ3v) is 4.27. The van der Waals surface area contributed by atoms with Crippen molar-refractivity contribution in [3.8, 4) is 0 Å². The number of nitrogens with zero attached hydrogens (tertiary/aromatic N) is 2. The number of aromatic nitrogens is 2. The predicted molar refractivity (Wildman–Crippen MR) is 87.2 cm³/mol. The average molecular weight is 291 g/mol. The Balaban J connectivity index is 1.76. The molecule has 0 saturated heterocycles. The highest BCUT2D eigenvalue weighted by molar-refractivity contribution is 6.09.